The molecule has 0 unspecified atom stereocenters. The number of urea groups is 1. The lowest BCUT2D eigenvalue weighted by molar-refractivity contribution is 0.0696. The Morgan fingerprint density at radius 2 is 1.83 bits per heavy atom. The fraction of sp³-hybridized carbons (Fsp3) is 0.321. The third-order valence-corrected chi connectivity index (χ3v) is 6.52. The molecule has 35 heavy (non-hydrogen) atoms. The summed E-state index contributed by atoms with van der Waals surface area (Å²) in [5.41, 5.74) is 5.76. The predicted molar refractivity (Wildman–Crippen MR) is 139 cm³/mol. The van der Waals surface area contributed by atoms with Gasteiger partial charge in [0.2, 0.25) is 0 Å². The summed E-state index contributed by atoms with van der Waals surface area (Å²) in [7, 11) is 0. The quantitative estimate of drug-likeness (QED) is 0.393. The van der Waals surface area contributed by atoms with Gasteiger partial charge in [-0.1, -0.05) is 32.0 Å². The Hall–Kier alpha value is -3.87. The van der Waals surface area contributed by atoms with Crippen LogP contribution < -0.4 is 10.6 Å². The molecule has 0 radical (unpaired) electrons. The number of carboxylic acids is 1. The first kappa shape index (κ1) is 24.3. The number of carbonyl (C=O) groups excluding carboxylic acids is 1. The summed E-state index contributed by atoms with van der Waals surface area (Å²) >= 11 is 0. The lowest BCUT2D eigenvalue weighted by Gasteiger charge is -2.25. The zero-order valence-electron chi connectivity index (χ0n) is 20.4. The summed E-state index contributed by atoms with van der Waals surface area (Å²) in [5.74, 6) is -0.482. The molecule has 1 atom stereocenters. The van der Waals surface area contributed by atoms with Crippen LogP contribution in [0.15, 0.2) is 60.8 Å². The number of aromatic carboxylic acids is 1. The van der Waals surface area contributed by atoms with Crippen molar-refractivity contribution in [2.75, 3.05) is 23.7 Å². The SMILES string of the molecule is Cc1cc(C(=O)O)ccc1-c1ccc(NC[C@H]2CCCN2C(=O)Nc2ccc(C(C)C)cc2)cn1. The van der Waals surface area contributed by atoms with Crippen LogP contribution in [0.5, 0.6) is 0 Å². The molecule has 4 rings (SSSR count). The highest BCUT2D eigenvalue weighted by Crippen LogP contribution is 2.25. The Balaban J connectivity index is 1.34. The zero-order chi connectivity index (χ0) is 24.9. The van der Waals surface area contributed by atoms with Crippen molar-refractivity contribution < 1.29 is 14.7 Å². The summed E-state index contributed by atoms with van der Waals surface area (Å²) in [6, 6.07) is 17.0. The van der Waals surface area contributed by atoms with Gasteiger partial charge in [0.15, 0.2) is 0 Å². The van der Waals surface area contributed by atoms with E-state index in [1.54, 1.807) is 24.4 Å². The number of rotatable bonds is 7. The monoisotopic (exact) mass is 472 g/mol. The first-order valence-electron chi connectivity index (χ1n) is 12.0. The fourth-order valence-corrected chi connectivity index (χ4v) is 4.44. The molecule has 3 N–H and O–H groups in total. The smallest absolute Gasteiger partial charge is 0.335 e. The molecule has 1 aromatic heterocycles. The molecule has 1 aliphatic rings. The van der Waals surface area contributed by atoms with Gasteiger partial charge in [0.1, 0.15) is 0 Å². The van der Waals surface area contributed by atoms with Gasteiger partial charge < -0.3 is 20.6 Å². The van der Waals surface area contributed by atoms with Crippen LogP contribution in [0.1, 0.15) is 54.1 Å². The van der Waals surface area contributed by atoms with Gasteiger partial charge in [-0.05, 0) is 73.2 Å². The molecule has 7 nitrogen and oxygen atoms in total. The maximum Gasteiger partial charge on any atom is 0.335 e. The lowest BCUT2D eigenvalue weighted by atomic mass is 10.0. The average Bonchev–Trinajstić information content (AvgIpc) is 3.32. The van der Waals surface area contributed by atoms with Crippen LogP contribution in [0.2, 0.25) is 0 Å². The van der Waals surface area contributed by atoms with E-state index in [9.17, 15) is 9.59 Å². The number of anilines is 2. The number of pyridine rings is 1. The molecule has 0 saturated carbocycles. The van der Waals surface area contributed by atoms with Crippen LogP contribution in [0.4, 0.5) is 16.2 Å². The van der Waals surface area contributed by atoms with Crippen molar-refractivity contribution in [2.45, 2.75) is 45.6 Å². The zero-order valence-corrected chi connectivity index (χ0v) is 20.4. The van der Waals surface area contributed by atoms with Crippen LogP contribution in [-0.2, 0) is 0 Å². The summed E-state index contributed by atoms with van der Waals surface area (Å²) in [6.07, 6.45) is 3.71. The van der Waals surface area contributed by atoms with E-state index < -0.39 is 5.97 Å². The van der Waals surface area contributed by atoms with Gasteiger partial charge in [-0.15, -0.1) is 0 Å². The van der Waals surface area contributed by atoms with Crippen molar-refractivity contribution in [1.82, 2.24) is 9.88 Å². The topological polar surface area (TPSA) is 94.6 Å². The standard InChI is InChI=1S/C28H32N4O3/c1-18(2)20-6-9-22(10-7-20)31-28(35)32-14-4-5-24(32)17-29-23-11-13-26(30-16-23)25-12-8-21(27(33)34)15-19(25)3/h6-13,15-16,18,24,29H,4-5,14,17H2,1-3H3,(H,31,35)(H,33,34)/t24-/m1/s1. The van der Waals surface area contributed by atoms with Gasteiger partial charge in [0.25, 0.3) is 0 Å². The first-order valence-corrected chi connectivity index (χ1v) is 12.0. The van der Waals surface area contributed by atoms with Crippen LogP contribution in [0, 0.1) is 6.92 Å². The summed E-state index contributed by atoms with van der Waals surface area (Å²) < 4.78 is 0. The first-order chi connectivity index (χ1) is 16.8. The van der Waals surface area contributed by atoms with Crippen LogP contribution in [-0.4, -0.2) is 46.1 Å². The molecule has 2 heterocycles. The Labute approximate surface area is 206 Å². The third-order valence-electron chi connectivity index (χ3n) is 6.52. The molecule has 3 aromatic rings. The maximum atomic E-state index is 12.9. The molecule has 2 amide bonds. The van der Waals surface area contributed by atoms with Crippen molar-refractivity contribution in [2.24, 2.45) is 0 Å². The predicted octanol–water partition coefficient (Wildman–Crippen LogP) is 5.99. The van der Waals surface area contributed by atoms with Gasteiger partial charge in [-0.2, -0.15) is 0 Å². The van der Waals surface area contributed by atoms with Crippen LogP contribution >= 0.6 is 0 Å². The van der Waals surface area contributed by atoms with Crippen molar-refractivity contribution in [3.8, 4) is 11.3 Å². The second-order valence-electron chi connectivity index (χ2n) is 9.34. The van der Waals surface area contributed by atoms with Crippen molar-refractivity contribution in [3.05, 3.63) is 77.5 Å². The molecule has 7 heteroatoms. The highest BCUT2D eigenvalue weighted by atomic mass is 16.4. The van der Waals surface area contributed by atoms with E-state index in [0.717, 1.165) is 47.6 Å². The number of hydrogen-bond donors (Lipinski definition) is 3. The number of likely N-dealkylation sites (tertiary alicyclic amines) is 1. The number of hydrogen-bond acceptors (Lipinski definition) is 4. The van der Waals surface area contributed by atoms with Crippen molar-refractivity contribution in [3.63, 3.8) is 0 Å². The number of aromatic nitrogens is 1. The Bertz CT molecular complexity index is 1190. The minimum Gasteiger partial charge on any atom is -0.478 e. The number of carbonyl (C=O) groups is 2. The van der Waals surface area contributed by atoms with Gasteiger partial charge >= 0.3 is 12.0 Å². The molecular formula is C28H32N4O3. The highest BCUT2D eigenvalue weighted by Gasteiger charge is 2.28. The molecule has 0 spiro atoms. The van der Waals surface area contributed by atoms with Crippen LogP contribution in [0.3, 0.4) is 0 Å². The lowest BCUT2D eigenvalue weighted by Crippen LogP contribution is -2.42. The molecule has 1 saturated heterocycles. The normalized spacial score (nSPS) is 15.3. The minimum atomic E-state index is -0.939. The Kier molecular flexibility index (Phi) is 7.34. The van der Waals surface area contributed by atoms with Crippen LogP contribution in [0.25, 0.3) is 11.3 Å². The second-order valence-corrected chi connectivity index (χ2v) is 9.34. The number of nitrogens with one attached hydrogen (secondary N) is 2. The number of amides is 2. The van der Waals surface area contributed by atoms with E-state index in [0.29, 0.717) is 12.5 Å². The van der Waals surface area contributed by atoms with Crippen molar-refractivity contribution >= 4 is 23.4 Å². The molecule has 2 aromatic carbocycles. The number of benzene rings is 2. The van der Waals surface area contributed by atoms with Gasteiger partial charge in [0, 0.05) is 24.3 Å². The van der Waals surface area contributed by atoms with Crippen molar-refractivity contribution in [1.29, 1.82) is 0 Å². The third kappa shape index (κ3) is 5.80. The van der Waals surface area contributed by atoms with E-state index in [4.69, 9.17) is 5.11 Å². The molecule has 182 valence electrons. The molecule has 0 bridgehead atoms. The van der Waals surface area contributed by atoms with E-state index in [-0.39, 0.29) is 17.6 Å². The number of carboxylic acid groups (broad SMARTS) is 1. The number of nitrogens with zero attached hydrogens (tertiary/aromatic N) is 2. The molecule has 1 fully saturated rings. The number of aryl methyl sites for hydroxylation is 1. The maximum absolute atomic E-state index is 12.9. The summed E-state index contributed by atoms with van der Waals surface area (Å²) in [4.78, 5) is 30.5. The minimum absolute atomic E-state index is 0.0691. The summed E-state index contributed by atoms with van der Waals surface area (Å²) in [5, 5.41) is 15.6. The largest absolute Gasteiger partial charge is 0.478 e. The van der Waals surface area contributed by atoms with Gasteiger partial charge in [-0.3, -0.25) is 4.98 Å². The molecule has 1 aliphatic heterocycles. The fourth-order valence-electron chi connectivity index (χ4n) is 4.44. The molecular weight excluding hydrogens is 440 g/mol. The molecule has 0 aliphatic carbocycles. The summed E-state index contributed by atoms with van der Waals surface area (Å²) in [6.45, 7) is 7.57. The highest BCUT2D eigenvalue weighted by molar-refractivity contribution is 5.90. The van der Waals surface area contributed by atoms with Gasteiger partial charge in [0.05, 0.1) is 29.2 Å². The van der Waals surface area contributed by atoms with E-state index in [1.165, 1.54) is 5.56 Å². The second kappa shape index (κ2) is 10.6. The Morgan fingerprint density at radius 3 is 2.46 bits per heavy atom. The Morgan fingerprint density at radius 1 is 1.09 bits per heavy atom. The van der Waals surface area contributed by atoms with E-state index in [1.807, 2.05) is 36.1 Å². The van der Waals surface area contributed by atoms with E-state index >= 15 is 0 Å². The van der Waals surface area contributed by atoms with E-state index in [2.05, 4.69) is 41.6 Å². The average molecular weight is 473 g/mol. The van der Waals surface area contributed by atoms with Gasteiger partial charge in [-0.25, -0.2) is 9.59 Å².